The molecule has 1 unspecified atom stereocenters. The Balaban J connectivity index is 1.48. The summed E-state index contributed by atoms with van der Waals surface area (Å²) >= 11 is 3.31. The predicted molar refractivity (Wildman–Crippen MR) is 145 cm³/mol. The number of nitrogens with one attached hydrogen (secondary N) is 1. The van der Waals surface area contributed by atoms with Gasteiger partial charge in [0.05, 0.1) is 23.7 Å². The molecule has 0 radical (unpaired) electrons. The average molecular weight is 587 g/mol. The molecule has 0 spiro atoms. The second kappa shape index (κ2) is 11.9. The number of likely N-dealkylation sites (N-methyl/N-ethyl adjacent to an activating group) is 1. The number of sulfonamides is 1. The third kappa shape index (κ3) is 6.38. The molecule has 1 atom stereocenters. The SMILES string of the molecule is CCN(CC(=O)N1CC(C(=O)NCCc2ccccc2)Oc2ccccc21)S(=O)(=O)c1ccc(Br)cc1. The first-order valence-corrected chi connectivity index (χ1v) is 14.2. The number of carbonyl (C=O) groups excluding carboxylic acids is 2. The molecule has 1 aliphatic rings. The van der Waals surface area contributed by atoms with Gasteiger partial charge in [0.2, 0.25) is 15.9 Å². The maximum Gasteiger partial charge on any atom is 0.262 e. The van der Waals surface area contributed by atoms with E-state index in [-0.39, 0.29) is 30.4 Å². The lowest BCUT2D eigenvalue weighted by Gasteiger charge is -2.35. The van der Waals surface area contributed by atoms with Crippen LogP contribution in [0.15, 0.2) is 88.2 Å². The van der Waals surface area contributed by atoms with Crippen LogP contribution in [0.25, 0.3) is 0 Å². The summed E-state index contributed by atoms with van der Waals surface area (Å²) in [6.07, 6.45) is -0.259. The summed E-state index contributed by atoms with van der Waals surface area (Å²) in [6, 6.07) is 23.0. The normalized spacial score (nSPS) is 15.1. The second-order valence-corrected chi connectivity index (χ2v) is 11.3. The van der Waals surface area contributed by atoms with E-state index in [0.717, 1.165) is 14.3 Å². The molecule has 37 heavy (non-hydrogen) atoms. The second-order valence-electron chi connectivity index (χ2n) is 8.49. The molecule has 194 valence electrons. The fourth-order valence-electron chi connectivity index (χ4n) is 4.05. The van der Waals surface area contributed by atoms with E-state index in [1.54, 1.807) is 43.3 Å². The zero-order chi connectivity index (χ0) is 26.4. The van der Waals surface area contributed by atoms with E-state index in [2.05, 4.69) is 21.2 Å². The number of rotatable bonds is 9. The molecular formula is C27H28BrN3O5S. The Bertz CT molecular complexity index is 1350. The number of hydrogen-bond donors (Lipinski definition) is 1. The van der Waals surface area contributed by atoms with Crippen LogP contribution in [-0.2, 0) is 26.0 Å². The number of carbonyl (C=O) groups is 2. The first kappa shape index (κ1) is 26.8. The van der Waals surface area contributed by atoms with Gasteiger partial charge in [-0.15, -0.1) is 0 Å². The molecule has 0 fully saturated rings. The Hall–Kier alpha value is -3.21. The van der Waals surface area contributed by atoms with Gasteiger partial charge >= 0.3 is 0 Å². The van der Waals surface area contributed by atoms with Crippen molar-refractivity contribution in [2.45, 2.75) is 24.3 Å². The summed E-state index contributed by atoms with van der Waals surface area (Å²) in [5.74, 6) is -0.387. The van der Waals surface area contributed by atoms with Crippen LogP contribution in [0.4, 0.5) is 5.69 Å². The fraction of sp³-hybridized carbons (Fsp3) is 0.259. The summed E-state index contributed by atoms with van der Waals surface area (Å²) in [7, 11) is -3.89. The molecule has 1 N–H and O–H groups in total. The van der Waals surface area contributed by atoms with E-state index >= 15 is 0 Å². The Morgan fingerprint density at radius 1 is 1.03 bits per heavy atom. The fourth-order valence-corrected chi connectivity index (χ4v) is 5.72. The van der Waals surface area contributed by atoms with Crippen LogP contribution in [-0.4, -0.2) is 56.8 Å². The lowest BCUT2D eigenvalue weighted by atomic mass is 10.1. The van der Waals surface area contributed by atoms with Gasteiger partial charge in [-0.2, -0.15) is 4.31 Å². The van der Waals surface area contributed by atoms with Crippen LogP contribution in [0.3, 0.4) is 0 Å². The van der Waals surface area contributed by atoms with Gasteiger partial charge in [0.25, 0.3) is 5.91 Å². The van der Waals surface area contributed by atoms with Crippen molar-refractivity contribution >= 4 is 43.5 Å². The maximum atomic E-state index is 13.5. The van der Waals surface area contributed by atoms with Gasteiger partial charge in [0, 0.05) is 17.6 Å². The molecular weight excluding hydrogens is 558 g/mol. The highest BCUT2D eigenvalue weighted by Gasteiger charge is 2.35. The summed E-state index contributed by atoms with van der Waals surface area (Å²) in [4.78, 5) is 27.9. The number of hydrogen-bond acceptors (Lipinski definition) is 5. The molecule has 4 rings (SSSR count). The minimum absolute atomic E-state index is 0.0249. The van der Waals surface area contributed by atoms with Crippen LogP contribution >= 0.6 is 15.9 Å². The first-order chi connectivity index (χ1) is 17.8. The summed E-state index contributed by atoms with van der Waals surface area (Å²) in [5.41, 5.74) is 1.60. The minimum atomic E-state index is -3.89. The minimum Gasteiger partial charge on any atom is -0.477 e. The van der Waals surface area contributed by atoms with Crippen LogP contribution in [0.5, 0.6) is 5.75 Å². The van der Waals surface area contributed by atoms with Gasteiger partial charge in [-0.3, -0.25) is 9.59 Å². The maximum absolute atomic E-state index is 13.5. The highest BCUT2D eigenvalue weighted by Crippen LogP contribution is 2.33. The van der Waals surface area contributed by atoms with E-state index in [9.17, 15) is 18.0 Å². The zero-order valence-corrected chi connectivity index (χ0v) is 22.7. The number of para-hydroxylation sites is 2. The number of halogens is 1. The Kier molecular flexibility index (Phi) is 8.63. The third-order valence-corrected chi connectivity index (χ3v) is 8.50. The van der Waals surface area contributed by atoms with E-state index in [1.165, 1.54) is 17.0 Å². The molecule has 8 nitrogen and oxygen atoms in total. The topological polar surface area (TPSA) is 96.0 Å². The molecule has 0 aromatic heterocycles. The van der Waals surface area contributed by atoms with Gasteiger partial charge in [0.1, 0.15) is 5.75 Å². The van der Waals surface area contributed by atoms with Crippen LogP contribution in [0.2, 0.25) is 0 Å². The van der Waals surface area contributed by atoms with Crippen LogP contribution < -0.4 is 15.0 Å². The van der Waals surface area contributed by atoms with Crippen molar-refractivity contribution in [3.63, 3.8) is 0 Å². The van der Waals surface area contributed by atoms with Crippen molar-refractivity contribution in [2.24, 2.45) is 0 Å². The first-order valence-electron chi connectivity index (χ1n) is 11.9. The number of amides is 2. The lowest BCUT2D eigenvalue weighted by Crippen LogP contribution is -2.53. The van der Waals surface area contributed by atoms with E-state index in [1.807, 2.05) is 30.3 Å². The van der Waals surface area contributed by atoms with Crippen LogP contribution in [0, 0.1) is 0 Å². The van der Waals surface area contributed by atoms with Gasteiger partial charge in [-0.25, -0.2) is 8.42 Å². The number of benzene rings is 3. The molecule has 10 heteroatoms. The largest absolute Gasteiger partial charge is 0.477 e. The van der Waals surface area contributed by atoms with Gasteiger partial charge in [-0.05, 0) is 48.4 Å². The quantitative estimate of drug-likeness (QED) is 0.414. The van der Waals surface area contributed by atoms with Crippen molar-refractivity contribution in [2.75, 3.05) is 31.1 Å². The van der Waals surface area contributed by atoms with Crippen LogP contribution in [0.1, 0.15) is 12.5 Å². The molecule has 0 aliphatic carbocycles. The van der Waals surface area contributed by atoms with Gasteiger partial charge < -0.3 is 15.0 Å². The van der Waals surface area contributed by atoms with Crippen molar-refractivity contribution in [3.05, 3.63) is 88.9 Å². The lowest BCUT2D eigenvalue weighted by molar-refractivity contribution is -0.128. The Morgan fingerprint density at radius 2 is 1.70 bits per heavy atom. The molecule has 1 aliphatic heterocycles. The van der Waals surface area contributed by atoms with E-state index in [0.29, 0.717) is 24.4 Å². The molecule has 0 saturated carbocycles. The number of fused-ring (bicyclic) bond motifs is 1. The molecule has 0 saturated heterocycles. The van der Waals surface area contributed by atoms with Crippen molar-refractivity contribution < 1.29 is 22.7 Å². The average Bonchev–Trinajstić information content (AvgIpc) is 2.91. The Morgan fingerprint density at radius 3 is 2.41 bits per heavy atom. The van der Waals surface area contributed by atoms with E-state index < -0.39 is 22.0 Å². The summed E-state index contributed by atoms with van der Waals surface area (Å²) in [5, 5.41) is 2.88. The highest BCUT2D eigenvalue weighted by molar-refractivity contribution is 9.10. The van der Waals surface area contributed by atoms with Crippen molar-refractivity contribution in [1.29, 1.82) is 0 Å². The number of nitrogens with zero attached hydrogens (tertiary/aromatic N) is 2. The molecule has 0 bridgehead atoms. The molecule has 3 aromatic carbocycles. The predicted octanol–water partition coefficient (Wildman–Crippen LogP) is 3.61. The van der Waals surface area contributed by atoms with Gasteiger partial charge in [-0.1, -0.05) is 65.3 Å². The number of ether oxygens (including phenoxy) is 1. The molecule has 2 amide bonds. The van der Waals surface area contributed by atoms with Gasteiger partial charge in [0.15, 0.2) is 6.10 Å². The standard InChI is InChI=1S/C27H28BrN3O5S/c1-2-30(37(34,35)22-14-12-21(28)13-15-22)19-26(32)31-18-25(36-24-11-7-6-10-23(24)31)27(33)29-17-16-20-8-4-3-5-9-20/h3-15,25H,2,16-19H2,1H3,(H,29,33). The zero-order valence-electron chi connectivity index (χ0n) is 20.3. The smallest absolute Gasteiger partial charge is 0.262 e. The monoisotopic (exact) mass is 585 g/mol. The van der Waals surface area contributed by atoms with E-state index in [4.69, 9.17) is 4.74 Å². The summed E-state index contributed by atoms with van der Waals surface area (Å²) in [6.45, 7) is 1.82. The Labute approximate surface area is 225 Å². The molecule has 3 aromatic rings. The third-order valence-electron chi connectivity index (χ3n) is 6.04. The molecule has 1 heterocycles. The highest BCUT2D eigenvalue weighted by atomic mass is 79.9. The van der Waals surface area contributed by atoms with Crippen molar-refractivity contribution in [1.82, 2.24) is 9.62 Å². The number of anilines is 1. The summed E-state index contributed by atoms with van der Waals surface area (Å²) < 4.78 is 34.2. The van der Waals surface area contributed by atoms with Crippen molar-refractivity contribution in [3.8, 4) is 5.75 Å².